The Kier molecular flexibility index (Phi) is 13.1. The number of amides is 2. The quantitative estimate of drug-likeness (QED) is 0.265. The van der Waals surface area contributed by atoms with Gasteiger partial charge in [-0.15, -0.1) is 0 Å². The van der Waals surface area contributed by atoms with Crippen molar-refractivity contribution in [3.05, 3.63) is 70.3 Å². The molecule has 0 bridgehead atoms. The number of likely N-dealkylation sites (N-methyl/N-ethyl adjacent to an activating group) is 1. The number of hydrogen-bond donors (Lipinski definition) is 1. The summed E-state index contributed by atoms with van der Waals surface area (Å²) in [6.45, 7) is 14.6. The lowest BCUT2D eigenvalue weighted by atomic mass is 9.68. The average Bonchev–Trinajstić information content (AvgIpc) is 3.45. The van der Waals surface area contributed by atoms with Gasteiger partial charge in [0.15, 0.2) is 0 Å². The van der Waals surface area contributed by atoms with Crippen molar-refractivity contribution in [1.82, 2.24) is 14.5 Å². The van der Waals surface area contributed by atoms with Crippen LogP contribution < -0.4 is 14.4 Å². The van der Waals surface area contributed by atoms with Gasteiger partial charge in [0, 0.05) is 61.1 Å². The highest BCUT2D eigenvalue weighted by Gasteiger charge is 2.44. The number of fused-ring (bicyclic) bond motifs is 4. The summed E-state index contributed by atoms with van der Waals surface area (Å²) in [5.74, 6) is 1.36. The fourth-order valence-corrected chi connectivity index (χ4v) is 9.30. The van der Waals surface area contributed by atoms with Gasteiger partial charge in [0.1, 0.15) is 23.3 Å². The van der Waals surface area contributed by atoms with Gasteiger partial charge in [-0.1, -0.05) is 43.7 Å². The number of methoxy groups -OCH3 is 1. The molecule has 0 aromatic heterocycles. The van der Waals surface area contributed by atoms with E-state index in [1.54, 1.807) is 13.2 Å². The van der Waals surface area contributed by atoms with E-state index in [0.29, 0.717) is 36.7 Å². The predicted molar refractivity (Wildman–Crippen MR) is 211 cm³/mol. The second kappa shape index (κ2) is 17.6. The van der Waals surface area contributed by atoms with E-state index < -0.39 is 11.0 Å². The molecule has 3 fully saturated rings. The van der Waals surface area contributed by atoms with Crippen molar-refractivity contribution in [1.29, 1.82) is 0 Å². The third-order valence-corrected chi connectivity index (χ3v) is 13.2. The summed E-state index contributed by atoms with van der Waals surface area (Å²) in [6, 6.07) is 12.2. The van der Waals surface area contributed by atoms with E-state index >= 15 is 0 Å². The van der Waals surface area contributed by atoms with Crippen molar-refractivity contribution in [3.63, 3.8) is 0 Å². The van der Waals surface area contributed by atoms with Gasteiger partial charge >= 0.3 is 6.09 Å². The van der Waals surface area contributed by atoms with Crippen LogP contribution in [0.2, 0.25) is 5.02 Å². The van der Waals surface area contributed by atoms with Gasteiger partial charge in [-0.2, -0.15) is 0 Å². The maximum Gasteiger partial charge on any atom is 0.410 e. The Morgan fingerprint density at radius 2 is 1.98 bits per heavy atom. The number of carbonyl (C=O) groups is 2. The van der Waals surface area contributed by atoms with E-state index in [1.807, 2.05) is 36.9 Å². The maximum atomic E-state index is 13.1. The van der Waals surface area contributed by atoms with Crippen LogP contribution in [-0.4, -0.2) is 103 Å². The standard InChI is InChI=1S/C33H43ClN2O4S.C8H14N2O2/c1-5-6-9-30(39-4)27-13-10-25(27)19-36-20-33(16-7-8-23-17-26(34)12-14-28(23)33)21-40-31-15-11-24(18-29(31)36)32(37)35-41(38)22(2)3;1-2-9-3-4-10-7(5-9)6-12-8(10)11/h6,9,11-12,14-15,17-18,22,25,27,30H,5,7-8,10,13,16,19-21H2,1-4H3,(H,35,37);7H,2-6H2,1H3/b9-6+;/t25?,27?,30?,33-,41?;/m0./s1. The zero-order chi connectivity index (χ0) is 37.7. The van der Waals surface area contributed by atoms with Crippen molar-refractivity contribution in [2.75, 3.05) is 64.5 Å². The number of nitrogens with zero attached hydrogens (tertiary/aromatic N) is 3. The van der Waals surface area contributed by atoms with Gasteiger partial charge in [0.2, 0.25) is 0 Å². The molecular weight excluding hydrogens is 712 g/mol. The number of piperazine rings is 1. The normalized spacial score (nSPS) is 26.3. The first-order chi connectivity index (χ1) is 25.5. The molecule has 2 aromatic rings. The van der Waals surface area contributed by atoms with Gasteiger partial charge < -0.3 is 19.1 Å². The molecule has 10 nitrogen and oxygen atoms in total. The van der Waals surface area contributed by atoms with Crippen LogP contribution in [0.1, 0.15) is 81.3 Å². The fraction of sp³-hybridized carbons (Fsp3) is 0.610. The minimum atomic E-state index is -1.44. The molecule has 0 radical (unpaired) electrons. The lowest BCUT2D eigenvalue weighted by Gasteiger charge is -2.46. The number of rotatable bonds is 10. The Bertz CT molecular complexity index is 1670. The topological polar surface area (TPSA) is 101 Å². The van der Waals surface area contributed by atoms with Crippen LogP contribution >= 0.6 is 11.6 Å². The van der Waals surface area contributed by atoms with E-state index in [-0.39, 0.29) is 28.8 Å². The van der Waals surface area contributed by atoms with Gasteiger partial charge in [-0.05, 0) is 112 Å². The minimum absolute atomic E-state index is 0.103. The third-order valence-electron chi connectivity index (χ3n) is 11.8. The number of aryl methyl sites for hydroxylation is 1. The number of benzene rings is 2. The van der Waals surface area contributed by atoms with Crippen LogP contribution in [0, 0.1) is 11.8 Å². The summed E-state index contributed by atoms with van der Waals surface area (Å²) in [4.78, 5) is 30.8. The van der Waals surface area contributed by atoms with Crippen molar-refractivity contribution in [2.24, 2.45) is 11.8 Å². The van der Waals surface area contributed by atoms with Crippen LogP contribution in [0.5, 0.6) is 5.75 Å². The molecule has 5 unspecified atom stereocenters. The number of anilines is 1. The van der Waals surface area contributed by atoms with E-state index in [0.717, 1.165) is 94.3 Å². The van der Waals surface area contributed by atoms with Crippen LogP contribution in [0.3, 0.4) is 0 Å². The molecule has 2 saturated heterocycles. The smallest absolute Gasteiger partial charge is 0.410 e. The van der Waals surface area contributed by atoms with Crippen LogP contribution in [0.15, 0.2) is 48.6 Å². The molecule has 2 aromatic carbocycles. The summed E-state index contributed by atoms with van der Waals surface area (Å²) >= 11 is 6.41. The molecule has 1 N–H and O–H groups in total. The number of cyclic esters (lactones) is 1. The van der Waals surface area contributed by atoms with Crippen molar-refractivity contribution in [2.45, 2.75) is 89.0 Å². The molecule has 1 spiro atoms. The molecule has 7 rings (SSSR count). The predicted octanol–water partition coefficient (Wildman–Crippen LogP) is 6.77. The highest BCUT2D eigenvalue weighted by Crippen LogP contribution is 2.47. The Morgan fingerprint density at radius 3 is 2.70 bits per heavy atom. The number of hydrogen-bond acceptors (Lipinski definition) is 8. The first-order valence-electron chi connectivity index (χ1n) is 19.4. The van der Waals surface area contributed by atoms with Gasteiger partial charge in [-0.3, -0.25) is 19.3 Å². The number of nitrogens with one attached hydrogen (secondary N) is 1. The minimum Gasteiger partial charge on any atom is -0.490 e. The summed E-state index contributed by atoms with van der Waals surface area (Å²) in [5, 5.41) is 0.610. The van der Waals surface area contributed by atoms with E-state index in [2.05, 4.69) is 52.7 Å². The van der Waals surface area contributed by atoms with E-state index in [4.69, 9.17) is 25.8 Å². The summed E-state index contributed by atoms with van der Waals surface area (Å²) in [7, 11) is 0.363. The van der Waals surface area contributed by atoms with Crippen molar-refractivity contribution >= 4 is 40.3 Å². The summed E-state index contributed by atoms with van der Waals surface area (Å²) in [6.07, 6.45) is 10.8. The molecule has 3 heterocycles. The summed E-state index contributed by atoms with van der Waals surface area (Å²) in [5.41, 5.74) is 3.86. The van der Waals surface area contributed by atoms with Crippen LogP contribution in [0.4, 0.5) is 10.5 Å². The highest BCUT2D eigenvalue weighted by molar-refractivity contribution is 7.84. The van der Waals surface area contributed by atoms with Crippen LogP contribution in [-0.2, 0) is 32.3 Å². The Morgan fingerprint density at radius 1 is 1.15 bits per heavy atom. The Hall–Kier alpha value is -3.12. The number of allylic oxidation sites excluding steroid dienone is 1. The Labute approximate surface area is 323 Å². The lowest BCUT2D eigenvalue weighted by Crippen LogP contribution is -2.51. The second-order valence-corrected chi connectivity index (χ2v) is 17.6. The van der Waals surface area contributed by atoms with E-state index in [9.17, 15) is 13.8 Å². The number of carbonyl (C=O) groups excluding carboxylic acids is 2. The lowest BCUT2D eigenvalue weighted by molar-refractivity contribution is 0.0132. The molecule has 3 aliphatic heterocycles. The molecule has 2 amide bonds. The fourth-order valence-electron chi connectivity index (χ4n) is 8.57. The Balaban J connectivity index is 0.000000337. The van der Waals surface area contributed by atoms with Crippen molar-refractivity contribution < 1.29 is 28.0 Å². The molecule has 6 atom stereocenters. The van der Waals surface area contributed by atoms with E-state index in [1.165, 1.54) is 11.1 Å². The molecule has 2 aliphatic carbocycles. The first-order valence-corrected chi connectivity index (χ1v) is 21.0. The van der Waals surface area contributed by atoms with Gasteiger partial charge in [0.25, 0.3) is 5.91 Å². The van der Waals surface area contributed by atoms with Crippen molar-refractivity contribution in [3.8, 4) is 5.75 Å². The van der Waals surface area contributed by atoms with Crippen LogP contribution in [0.25, 0.3) is 0 Å². The average molecular weight is 769 g/mol. The summed E-state index contributed by atoms with van der Waals surface area (Å²) < 4.78 is 32.5. The number of halogens is 1. The zero-order valence-electron chi connectivity index (χ0n) is 32.0. The van der Waals surface area contributed by atoms with Gasteiger partial charge in [-0.25, -0.2) is 9.00 Å². The zero-order valence-corrected chi connectivity index (χ0v) is 33.6. The highest BCUT2D eigenvalue weighted by atomic mass is 35.5. The SMILES string of the molecule is CC/C=C/C(OC)C1CCC1CN1C[C@@]2(CCCc3cc(Cl)ccc32)COc2ccc(C(=O)NS(=O)C(C)C)cc21.CCN1CCN2C(=O)OCC2C1. The molecule has 290 valence electrons. The van der Waals surface area contributed by atoms with Gasteiger partial charge in [0.05, 0.1) is 24.4 Å². The molecule has 1 saturated carbocycles. The molecule has 5 aliphatic rings. The second-order valence-electron chi connectivity index (χ2n) is 15.4. The largest absolute Gasteiger partial charge is 0.490 e. The molecule has 12 heteroatoms. The first kappa shape index (κ1) is 39.6. The third kappa shape index (κ3) is 8.90. The maximum absolute atomic E-state index is 13.1. The molecular formula is C41H57ClN4O6S. The molecule has 53 heavy (non-hydrogen) atoms. The monoisotopic (exact) mass is 768 g/mol. The number of ether oxygens (including phenoxy) is 3.